The van der Waals surface area contributed by atoms with E-state index in [0.29, 0.717) is 40.1 Å². The number of pyridine rings is 2. The normalized spacial score (nSPS) is 18.5. The Bertz CT molecular complexity index is 1250. The molecule has 3 aromatic heterocycles. The Balaban J connectivity index is 1.61. The second-order valence-corrected chi connectivity index (χ2v) is 8.34. The molecule has 9 heteroatoms. The highest BCUT2D eigenvalue weighted by Crippen LogP contribution is 2.33. The Kier molecular flexibility index (Phi) is 5.26. The van der Waals surface area contributed by atoms with Crippen molar-refractivity contribution in [3.05, 3.63) is 46.5 Å². The van der Waals surface area contributed by atoms with Gasteiger partial charge in [0, 0.05) is 37.4 Å². The van der Waals surface area contributed by atoms with E-state index in [1.165, 1.54) is 6.20 Å². The number of aromatic nitrogens is 3. The summed E-state index contributed by atoms with van der Waals surface area (Å²) in [5.74, 6) is -0.00775. The Morgan fingerprint density at radius 1 is 1.28 bits per heavy atom. The first kappa shape index (κ1) is 20.4. The van der Waals surface area contributed by atoms with Crippen molar-refractivity contribution >= 4 is 28.5 Å². The number of aromatic amines is 1. The van der Waals surface area contributed by atoms with Crippen molar-refractivity contribution in [3.63, 3.8) is 0 Å². The molecule has 2 fully saturated rings. The highest BCUT2D eigenvalue weighted by molar-refractivity contribution is 6.11. The molecule has 0 aromatic carbocycles. The van der Waals surface area contributed by atoms with Gasteiger partial charge in [-0.3, -0.25) is 14.4 Å². The number of anilines is 1. The predicted molar refractivity (Wildman–Crippen MR) is 120 cm³/mol. The molecule has 1 aliphatic heterocycles. The standard InChI is InChI=1S/C23H25N5O4/c1-24-22(30)17-11-25-20(27-21(29)13-6-7-13)19-16(17)10-18(26-19)15-5-2-8-28(23(15)31)14-4-3-9-32-12-14/h2,5,8,10-11,13-14,26H,3-4,6-7,9,12H2,1H3,(H,24,30)(H,25,27,29)/t14-/m0/s1. The summed E-state index contributed by atoms with van der Waals surface area (Å²) in [7, 11) is 1.55. The molecule has 9 nitrogen and oxygen atoms in total. The minimum absolute atomic E-state index is 0.00272. The third kappa shape index (κ3) is 3.69. The Morgan fingerprint density at radius 3 is 2.84 bits per heavy atom. The maximum Gasteiger partial charge on any atom is 0.260 e. The number of amides is 2. The average Bonchev–Trinajstić information content (AvgIpc) is 3.58. The molecule has 2 amide bonds. The van der Waals surface area contributed by atoms with Crippen LogP contribution in [0.1, 0.15) is 42.1 Å². The SMILES string of the molecule is CNC(=O)c1cnc(NC(=O)C2CC2)c2[nH]c(-c3cccn([C@H]4CCCOC4)c3=O)cc12. The molecule has 3 N–H and O–H groups in total. The first-order valence-electron chi connectivity index (χ1n) is 10.9. The minimum atomic E-state index is -0.294. The highest BCUT2D eigenvalue weighted by Gasteiger charge is 2.30. The van der Waals surface area contributed by atoms with Gasteiger partial charge in [0.05, 0.1) is 35.0 Å². The van der Waals surface area contributed by atoms with E-state index in [2.05, 4.69) is 20.6 Å². The number of ether oxygens (including phenoxy) is 1. The number of hydrogen-bond acceptors (Lipinski definition) is 5. The van der Waals surface area contributed by atoms with Crippen LogP contribution in [0.4, 0.5) is 5.82 Å². The van der Waals surface area contributed by atoms with Crippen LogP contribution in [0, 0.1) is 5.92 Å². The van der Waals surface area contributed by atoms with Gasteiger partial charge in [-0.1, -0.05) is 0 Å². The fraction of sp³-hybridized carbons (Fsp3) is 0.391. The first-order valence-corrected chi connectivity index (χ1v) is 10.9. The summed E-state index contributed by atoms with van der Waals surface area (Å²) < 4.78 is 7.27. The number of carbonyl (C=O) groups is 2. The van der Waals surface area contributed by atoms with E-state index < -0.39 is 0 Å². The van der Waals surface area contributed by atoms with Gasteiger partial charge < -0.3 is 24.9 Å². The van der Waals surface area contributed by atoms with Crippen LogP contribution in [0.3, 0.4) is 0 Å². The summed E-state index contributed by atoms with van der Waals surface area (Å²) in [4.78, 5) is 45.6. The van der Waals surface area contributed by atoms with E-state index in [9.17, 15) is 14.4 Å². The molecular weight excluding hydrogens is 410 g/mol. The third-order valence-corrected chi connectivity index (χ3v) is 6.12. The Labute approximate surface area is 184 Å². The number of hydrogen-bond donors (Lipinski definition) is 3. The predicted octanol–water partition coefficient (Wildman–Crippen LogP) is 2.45. The van der Waals surface area contributed by atoms with Crippen molar-refractivity contribution in [2.24, 2.45) is 5.92 Å². The van der Waals surface area contributed by atoms with Crippen molar-refractivity contribution in [3.8, 4) is 11.3 Å². The van der Waals surface area contributed by atoms with Crippen LogP contribution in [-0.2, 0) is 9.53 Å². The quantitative estimate of drug-likeness (QED) is 0.569. The molecule has 0 spiro atoms. The number of carbonyl (C=O) groups excluding carboxylic acids is 2. The molecule has 0 unspecified atom stereocenters. The summed E-state index contributed by atoms with van der Waals surface area (Å²) in [6, 6.07) is 5.36. The lowest BCUT2D eigenvalue weighted by molar-refractivity contribution is -0.117. The van der Waals surface area contributed by atoms with E-state index in [1.807, 2.05) is 6.07 Å². The molecule has 1 aliphatic carbocycles. The van der Waals surface area contributed by atoms with Crippen LogP contribution in [0.5, 0.6) is 0 Å². The number of fused-ring (bicyclic) bond motifs is 1. The largest absolute Gasteiger partial charge is 0.379 e. The molecule has 2 aliphatic rings. The second-order valence-electron chi connectivity index (χ2n) is 8.34. The molecule has 32 heavy (non-hydrogen) atoms. The van der Waals surface area contributed by atoms with Crippen LogP contribution in [0.25, 0.3) is 22.2 Å². The lowest BCUT2D eigenvalue weighted by Crippen LogP contribution is -2.30. The van der Waals surface area contributed by atoms with Gasteiger partial charge in [0.25, 0.3) is 11.5 Å². The molecule has 3 aromatic rings. The second kappa shape index (κ2) is 8.23. The molecule has 166 valence electrons. The van der Waals surface area contributed by atoms with Crippen LogP contribution in [-0.4, -0.2) is 46.6 Å². The van der Waals surface area contributed by atoms with E-state index in [1.54, 1.807) is 29.9 Å². The van der Waals surface area contributed by atoms with Crippen molar-refractivity contribution in [2.75, 3.05) is 25.6 Å². The lowest BCUT2D eigenvalue weighted by Gasteiger charge is -2.24. The van der Waals surface area contributed by atoms with Crippen LogP contribution in [0.2, 0.25) is 0 Å². The zero-order chi connectivity index (χ0) is 22.2. The van der Waals surface area contributed by atoms with Gasteiger partial charge >= 0.3 is 0 Å². The first-order chi connectivity index (χ1) is 15.6. The summed E-state index contributed by atoms with van der Waals surface area (Å²) >= 11 is 0. The minimum Gasteiger partial charge on any atom is -0.379 e. The van der Waals surface area contributed by atoms with Gasteiger partial charge in [-0.2, -0.15) is 0 Å². The molecule has 1 atom stereocenters. The average molecular weight is 435 g/mol. The molecule has 1 saturated carbocycles. The van der Waals surface area contributed by atoms with Crippen molar-refractivity contribution < 1.29 is 14.3 Å². The van der Waals surface area contributed by atoms with E-state index in [0.717, 1.165) is 32.3 Å². The molecule has 0 bridgehead atoms. The van der Waals surface area contributed by atoms with Crippen molar-refractivity contribution in [1.29, 1.82) is 0 Å². The van der Waals surface area contributed by atoms with Gasteiger partial charge in [-0.05, 0) is 43.9 Å². The third-order valence-electron chi connectivity index (χ3n) is 6.12. The molecular formula is C23H25N5O4. The topological polar surface area (TPSA) is 118 Å². The lowest BCUT2D eigenvalue weighted by atomic mass is 10.1. The zero-order valence-corrected chi connectivity index (χ0v) is 17.8. The van der Waals surface area contributed by atoms with Crippen molar-refractivity contribution in [1.82, 2.24) is 19.9 Å². The van der Waals surface area contributed by atoms with Crippen LogP contribution >= 0.6 is 0 Å². The fourth-order valence-corrected chi connectivity index (χ4v) is 4.18. The van der Waals surface area contributed by atoms with Crippen molar-refractivity contribution in [2.45, 2.75) is 31.7 Å². The van der Waals surface area contributed by atoms with Crippen LogP contribution < -0.4 is 16.2 Å². The maximum atomic E-state index is 13.3. The Hall–Kier alpha value is -3.46. The van der Waals surface area contributed by atoms with Gasteiger partial charge in [0.15, 0.2) is 5.82 Å². The molecule has 4 heterocycles. The molecule has 5 rings (SSSR count). The number of H-pyrrole nitrogens is 1. The van der Waals surface area contributed by atoms with Crippen LogP contribution in [0.15, 0.2) is 35.4 Å². The Morgan fingerprint density at radius 2 is 2.12 bits per heavy atom. The molecule has 0 radical (unpaired) electrons. The maximum absolute atomic E-state index is 13.3. The van der Waals surface area contributed by atoms with E-state index in [-0.39, 0.29) is 29.3 Å². The smallest absolute Gasteiger partial charge is 0.260 e. The van der Waals surface area contributed by atoms with Gasteiger partial charge in [0.1, 0.15) is 0 Å². The van der Waals surface area contributed by atoms with E-state index in [4.69, 9.17) is 4.74 Å². The fourth-order valence-electron chi connectivity index (χ4n) is 4.18. The zero-order valence-electron chi connectivity index (χ0n) is 17.8. The number of nitrogens with one attached hydrogen (secondary N) is 3. The van der Waals surface area contributed by atoms with E-state index >= 15 is 0 Å². The summed E-state index contributed by atoms with van der Waals surface area (Å²) in [6.45, 7) is 1.23. The summed E-state index contributed by atoms with van der Waals surface area (Å²) in [6.07, 6.45) is 6.78. The van der Waals surface area contributed by atoms with Gasteiger partial charge in [0.2, 0.25) is 5.91 Å². The summed E-state index contributed by atoms with van der Waals surface area (Å²) in [5.41, 5.74) is 1.80. The number of rotatable bonds is 5. The van der Waals surface area contributed by atoms with Gasteiger partial charge in [-0.25, -0.2) is 4.98 Å². The van der Waals surface area contributed by atoms with Gasteiger partial charge in [-0.15, -0.1) is 0 Å². The highest BCUT2D eigenvalue weighted by atomic mass is 16.5. The monoisotopic (exact) mass is 435 g/mol. The summed E-state index contributed by atoms with van der Waals surface area (Å²) in [5, 5.41) is 6.07. The number of nitrogens with zero attached hydrogens (tertiary/aromatic N) is 2. The molecule has 1 saturated heterocycles.